The van der Waals surface area contributed by atoms with Gasteiger partial charge in [-0.25, -0.2) is 9.78 Å². The molecule has 0 unspecified atom stereocenters. The first-order valence-electron chi connectivity index (χ1n) is 8.41. The molecular weight excluding hydrogens is 342 g/mol. The van der Waals surface area contributed by atoms with Crippen molar-refractivity contribution in [3.63, 3.8) is 0 Å². The third kappa shape index (κ3) is 4.58. The molecular formula is C20H21N5O2. The van der Waals surface area contributed by atoms with Crippen molar-refractivity contribution in [3.05, 3.63) is 53.2 Å². The number of esters is 1. The monoisotopic (exact) mass is 363 g/mol. The molecule has 2 aromatic heterocycles. The van der Waals surface area contributed by atoms with Gasteiger partial charge in [0.15, 0.2) is 5.65 Å². The number of aromatic nitrogens is 3. The molecule has 3 rings (SSSR count). The summed E-state index contributed by atoms with van der Waals surface area (Å²) in [6, 6.07) is 9.02. The molecule has 1 aromatic carbocycles. The van der Waals surface area contributed by atoms with Gasteiger partial charge in [-0.15, -0.1) is 0 Å². The molecule has 0 saturated heterocycles. The fraction of sp³-hybridized carbons (Fsp3) is 0.200. The van der Waals surface area contributed by atoms with Crippen molar-refractivity contribution >= 4 is 40.9 Å². The zero-order valence-electron chi connectivity index (χ0n) is 15.4. The maximum Gasteiger partial charge on any atom is 0.338 e. The number of hydrogen-bond acceptors (Lipinski definition) is 7. The van der Waals surface area contributed by atoms with Gasteiger partial charge in [-0.05, 0) is 50.1 Å². The fourth-order valence-corrected chi connectivity index (χ4v) is 2.42. The predicted molar refractivity (Wildman–Crippen MR) is 107 cm³/mol. The number of anilines is 2. The molecule has 2 heterocycles. The molecule has 3 aromatic rings. The predicted octanol–water partition coefficient (Wildman–Crippen LogP) is 3.31. The van der Waals surface area contributed by atoms with E-state index in [1.165, 1.54) is 0 Å². The summed E-state index contributed by atoms with van der Waals surface area (Å²) in [5, 5.41) is 0.645. The Labute approximate surface area is 157 Å². The van der Waals surface area contributed by atoms with Crippen molar-refractivity contribution in [1.29, 1.82) is 0 Å². The van der Waals surface area contributed by atoms with Gasteiger partial charge in [-0.1, -0.05) is 24.3 Å². The van der Waals surface area contributed by atoms with E-state index >= 15 is 0 Å². The van der Waals surface area contributed by atoms with Crippen molar-refractivity contribution in [2.24, 2.45) is 0 Å². The highest BCUT2D eigenvalue weighted by Gasteiger charge is 2.17. The zero-order valence-corrected chi connectivity index (χ0v) is 15.4. The highest BCUT2D eigenvalue weighted by Crippen LogP contribution is 2.19. The molecule has 0 saturated carbocycles. The average Bonchev–Trinajstić information content (AvgIpc) is 2.59. The van der Waals surface area contributed by atoms with Gasteiger partial charge < -0.3 is 16.2 Å². The summed E-state index contributed by atoms with van der Waals surface area (Å²) in [6.07, 6.45) is 5.49. The Kier molecular flexibility index (Phi) is 4.77. The Bertz CT molecular complexity index is 1020. The molecule has 0 spiro atoms. The summed E-state index contributed by atoms with van der Waals surface area (Å²) in [7, 11) is 0. The quantitative estimate of drug-likeness (QED) is 0.685. The lowest BCUT2D eigenvalue weighted by Gasteiger charge is -2.19. The van der Waals surface area contributed by atoms with Crippen molar-refractivity contribution in [2.45, 2.75) is 26.4 Å². The lowest BCUT2D eigenvalue weighted by Crippen LogP contribution is -2.23. The largest absolute Gasteiger partial charge is 0.456 e. The number of benzene rings is 1. The van der Waals surface area contributed by atoms with Crippen LogP contribution in [0.25, 0.3) is 23.2 Å². The van der Waals surface area contributed by atoms with Crippen molar-refractivity contribution < 1.29 is 9.53 Å². The van der Waals surface area contributed by atoms with Gasteiger partial charge in [0.25, 0.3) is 0 Å². The first kappa shape index (κ1) is 18.3. The molecule has 0 fully saturated rings. The Hall–Kier alpha value is -3.48. The summed E-state index contributed by atoms with van der Waals surface area (Å²) in [4.78, 5) is 24.3. The number of rotatable bonds is 3. The van der Waals surface area contributed by atoms with Crippen molar-refractivity contribution in [1.82, 2.24) is 15.0 Å². The number of nitrogens with zero attached hydrogens (tertiary/aromatic N) is 3. The second-order valence-electron chi connectivity index (χ2n) is 7.06. The van der Waals surface area contributed by atoms with Gasteiger partial charge in [0.1, 0.15) is 11.4 Å². The number of nitrogen functional groups attached to an aromatic ring is 2. The van der Waals surface area contributed by atoms with Crippen LogP contribution in [0.5, 0.6) is 0 Å². The Morgan fingerprint density at radius 1 is 1.04 bits per heavy atom. The van der Waals surface area contributed by atoms with Crippen LogP contribution in [0, 0.1) is 0 Å². The van der Waals surface area contributed by atoms with E-state index in [4.69, 9.17) is 16.2 Å². The summed E-state index contributed by atoms with van der Waals surface area (Å²) in [5.74, 6) is 0.0503. The van der Waals surface area contributed by atoms with Gasteiger partial charge in [-0.3, -0.25) is 0 Å². The van der Waals surface area contributed by atoms with Crippen LogP contribution in [0.3, 0.4) is 0 Å². The van der Waals surface area contributed by atoms with Gasteiger partial charge in [0.2, 0.25) is 5.95 Å². The summed E-state index contributed by atoms with van der Waals surface area (Å²) >= 11 is 0. The molecule has 27 heavy (non-hydrogen) atoms. The standard InChI is InChI=1S/C20H21N5O2/c1-20(2,3)27-18(26)14-8-6-12(7-9-14)4-5-13-10-15-16(21)24-19(22)25-17(15)23-11-13/h4-11H,1-3H3,(H4,21,22,23,24,25). The second kappa shape index (κ2) is 7.03. The number of fused-ring (bicyclic) bond motifs is 1. The molecule has 138 valence electrons. The number of pyridine rings is 1. The van der Waals surface area contributed by atoms with E-state index < -0.39 is 5.60 Å². The summed E-state index contributed by atoms with van der Waals surface area (Å²) in [5.41, 5.74) is 13.7. The van der Waals surface area contributed by atoms with Crippen LogP contribution in [0.4, 0.5) is 11.8 Å². The molecule has 0 amide bonds. The average molecular weight is 363 g/mol. The van der Waals surface area contributed by atoms with Crippen LogP contribution in [0.15, 0.2) is 36.5 Å². The third-order valence-electron chi connectivity index (χ3n) is 3.63. The van der Waals surface area contributed by atoms with E-state index in [0.29, 0.717) is 22.4 Å². The maximum atomic E-state index is 12.1. The van der Waals surface area contributed by atoms with Crippen molar-refractivity contribution in [2.75, 3.05) is 11.5 Å². The molecule has 0 aliphatic carbocycles. The van der Waals surface area contributed by atoms with E-state index in [2.05, 4.69) is 15.0 Å². The van der Waals surface area contributed by atoms with E-state index in [0.717, 1.165) is 11.1 Å². The van der Waals surface area contributed by atoms with Gasteiger partial charge in [0.05, 0.1) is 10.9 Å². The van der Waals surface area contributed by atoms with Crippen LogP contribution < -0.4 is 11.5 Å². The lowest BCUT2D eigenvalue weighted by atomic mass is 10.1. The third-order valence-corrected chi connectivity index (χ3v) is 3.63. The van der Waals surface area contributed by atoms with Crippen LogP contribution in [0.2, 0.25) is 0 Å². The Morgan fingerprint density at radius 3 is 2.37 bits per heavy atom. The van der Waals surface area contributed by atoms with E-state index in [1.54, 1.807) is 18.3 Å². The molecule has 4 N–H and O–H groups in total. The number of nitrogens with two attached hydrogens (primary N) is 2. The number of hydrogen-bond donors (Lipinski definition) is 2. The number of ether oxygens (including phenoxy) is 1. The molecule has 7 nitrogen and oxygen atoms in total. The Balaban J connectivity index is 1.78. The van der Waals surface area contributed by atoms with E-state index in [1.807, 2.05) is 51.1 Å². The first-order valence-corrected chi connectivity index (χ1v) is 8.41. The topological polar surface area (TPSA) is 117 Å². The molecule has 0 aliphatic rings. The second-order valence-corrected chi connectivity index (χ2v) is 7.06. The van der Waals surface area contributed by atoms with Gasteiger partial charge >= 0.3 is 5.97 Å². The fourth-order valence-electron chi connectivity index (χ4n) is 2.42. The number of carbonyl (C=O) groups is 1. The normalized spacial score (nSPS) is 11.8. The number of carbonyl (C=O) groups excluding carboxylic acids is 1. The van der Waals surface area contributed by atoms with Crippen molar-refractivity contribution in [3.8, 4) is 0 Å². The molecule has 0 bridgehead atoms. The van der Waals surface area contributed by atoms with Crippen LogP contribution in [0.1, 0.15) is 42.3 Å². The Morgan fingerprint density at radius 2 is 1.70 bits per heavy atom. The minimum absolute atomic E-state index is 0.0980. The van der Waals surface area contributed by atoms with Gasteiger partial charge in [-0.2, -0.15) is 9.97 Å². The zero-order chi connectivity index (χ0) is 19.6. The minimum Gasteiger partial charge on any atom is -0.456 e. The molecule has 0 radical (unpaired) electrons. The van der Waals surface area contributed by atoms with Gasteiger partial charge in [0, 0.05) is 6.20 Å². The van der Waals surface area contributed by atoms with Crippen LogP contribution in [-0.2, 0) is 4.74 Å². The van der Waals surface area contributed by atoms with Crippen LogP contribution >= 0.6 is 0 Å². The molecule has 0 atom stereocenters. The highest BCUT2D eigenvalue weighted by atomic mass is 16.6. The van der Waals surface area contributed by atoms with E-state index in [9.17, 15) is 4.79 Å². The smallest absolute Gasteiger partial charge is 0.338 e. The summed E-state index contributed by atoms with van der Waals surface area (Å²) < 4.78 is 5.36. The first-order chi connectivity index (χ1) is 12.7. The molecule has 0 aliphatic heterocycles. The minimum atomic E-state index is -0.519. The van der Waals surface area contributed by atoms with Crippen LogP contribution in [-0.4, -0.2) is 26.5 Å². The highest BCUT2D eigenvalue weighted by molar-refractivity contribution is 5.90. The maximum absolute atomic E-state index is 12.1. The van der Waals surface area contributed by atoms with E-state index in [-0.39, 0.29) is 11.9 Å². The molecule has 7 heteroatoms. The summed E-state index contributed by atoms with van der Waals surface area (Å²) in [6.45, 7) is 5.52. The lowest BCUT2D eigenvalue weighted by molar-refractivity contribution is 0.00695. The SMILES string of the molecule is CC(C)(C)OC(=O)c1ccc(C=Cc2cnc3nc(N)nc(N)c3c2)cc1.